The van der Waals surface area contributed by atoms with Gasteiger partial charge in [0.25, 0.3) is 0 Å². The van der Waals surface area contributed by atoms with Crippen LogP contribution in [0.1, 0.15) is 68.3 Å². The molecule has 1 aliphatic heterocycles. The lowest BCUT2D eigenvalue weighted by Gasteiger charge is -2.36. The molecule has 1 aromatic carbocycles. The van der Waals surface area contributed by atoms with E-state index in [-0.39, 0.29) is 11.9 Å². The third-order valence-corrected chi connectivity index (χ3v) is 4.97. The Hall–Kier alpha value is -2.10. The molecule has 2 aromatic rings. The molecule has 1 amide bonds. The first kappa shape index (κ1) is 16.7. The predicted octanol–water partition coefficient (Wildman–Crippen LogP) is 4.22. The summed E-state index contributed by atoms with van der Waals surface area (Å²) in [7, 11) is 0. The fourth-order valence-electron chi connectivity index (χ4n) is 3.49. The maximum absolute atomic E-state index is 12.7. The topological polar surface area (TPSA) is 49.0 Å². The van der Waals surface area contributed by atoms with Crippen LogP contribution in [-0.4, -0.2) is 27.3 Å². The van der Waals surface area contributed by atoms with E-state index in [1.165, 1.54) is 17.5 Å². The average molecular weight is 325 g/mol. The van der Waals surface area contributed by atoms with E-state index in [1.54, 1.807) is 12.5 Å². The van der Waals surface area contributed by atoms with Crippen LogP contribution < -0.4 is 0 Å². The maximum atomic E-state index is 12.7. The maximum Gasteiger partial charge on any atom is 0.223 e. The third kappa shape index (κ3) is 3.86. The van der Waals surface area contributed by atoms with Gasteiger partial charge >= 0.3 is 0 Å². The highest BCUT2D eigenvalue weighted by molar-refractivity contribution is 5.77. The van der Waals surface area contributed by atoms with Crippen molar-refractivity contribution >= 4 is 5.91 Å². The smallest absolute Gasteiger partial charge is 0.223 e. The van der Waals surface area contributed by atoms with Crippen LogP contribution in [0.25, 0.3) is 0 Å². The summed E-state index contributed by atoms with van der Waals surface area (Å²) < 4.78 is 0. The van der Waals surface area contributed by atoms with Crippen LogP contribution in [0.4, 0.5) is 0 Å². The monoisotopic (exact) mass is 325 g/mol. The number of aromatic amines is 1. The molecular formula is C20H27N3O. The summed E-state index contributed by atoms with van der Waals surface area (Å²) in [5, 5.41) is 0. The Morgan fingerprint density at radius 1 is 1.29 bits per heavy atom. The van der Waals surface area contributed by atoms with Crippen molar-refractivity contribution in [2.45, 2.75) is 57.9 Å². The second-order valence-electron chi connectivity index (χ2n) is 7.00. The molecule has 0 aliphatic carbocycles. The van der Waals surface area contributed by atoms with Gasteiger partial charge in [-0.1, -0.05) is 38.1 Å². The van der Waals surface area contributed by atoms with Gasteiger partial charge in [0.1, 0.15) is 0 Å². The summed E-state index contributed by atoms with van der Waals surface area (Å²) in [4.78, 5) is 21.9. The average Bonchev–Trinajstić information content (AvgIpc) is 3.13. The van der Waals surface area contributed by atoms with Gasteiger partial charge < -0.3 is 9.88 Å². The predicted molar refractivity (Wildman–Crippen MR) is 95.7 cm³/mol. The number of rotatable bonds is 5. The van der Waals surface area contributed by atoms with Gasteiger partial charge in [-0.15, -0.1) is 0 Å². The van der Waals surface area contributed by atoms with Gasteiger partial charge in [-0.2, -0.15) is 0 Å². The van der Waals surface area contributed by atoms with Crippen LogP contribution in [-0.2, 0) is 11.2 Å². The van der Waals surface area contributed by atoms with Gasteiger partial charge in [0.15, 0.2) is 0 Å². The normalized spacial score (nSPS) is 18.1. The van der Waals surface area contributed by atoms with Crippen molar-refractivity contribution < 1.29 is 4.79 Å². The Labute approximate surface area is 144 Å². The van der Waals surface area contributed by atoms with Gasteiger partial charge in [0.05, 0.1) is 12.4 Å². The minimum atomic E-state index is 0.231. The number of likely N-dealkylation sites (tertiary alicyclic amines) is 1. The SMILES string of the molecule is CC(C)c1ccc([C@@H]2CCCCN2C(=O)CCc2cnc[nH]2)cc1. The first-order valence-electron chi connectivity index (χ1n) is 9.01. The highest BCUT2D eigenvalue weighted by Gasteiger charge is 2.27. The zero-order chi connectivity index (χ0) is 16.9. The number of nitrogens with one attached hydrogen (secondary N) is 1. The van der Waals surface area contributed by atoms with E-state index in [2.05, 4.69) is 53.0 Å². The number of hydrogen-bond donors (Lipinski definition) is 1. The number of aromatic nitrogens is 2. The van der Waals surface area contributed by atoms with Crippen molar-refractivity contribution in [3.63, 3.8) is 0 Å². The Balaban J connectivity index is 1.69. The number of piperidine rings is 1. The minimum Gasteiger partial charge on any atom is -0.348 e. The molecule has 24 heavy (non-hydrogen) atoms. The molecule has 0 spiro atoms. The second-order valence-corrected chi connectivity index (χ2v) is 7.00. The largest absolute Gasteiger partial charge is 0.348 e. The van der Waals surface area contributed by atoms with Gasteiger partial charge in [-0.25, -0.2) is 4.98 Å². The molecule has 1 aromatic heterocycles. The third-order valence-electron chi connectivity index (χ3n) is 4.97. The fourth-order valence-corrected chi connectivity index (χ4v) is 3.49. The van der Waals surface area contributed by atoms with E-state index in [0.717, 1.165) is 31.5 Å². The van der Waals surface area contributed by atoms with Crippen molar-refractivity contribution in [1.82, 2.24) is 14.9 Å². The zero-order valence-electron chi connectivity index (χ0n) is 14.7. The van der Waals surface area contributed by atoms with Crippen LogP contribution in [0.2, 0.25) is 0 Å². The minimum absolute atomic E-state index is 0.231. The summed E-state index contributed by atoms with van der Waals surface area (Å²) in [6.45, 7) is 5.29. The van der Waals surface area contributed by atoms with E-state index >= 15 is 0 Å². The standard InChI is InChI=1S/C20H27N3O/c1-15(2)16-6-8-17(9-7-16)19-5-3-4-12-23(19)20(24)11-10-18-13-21-14-22-18/h6-9,13-15,19H,3-5,10-12H2,1-2H3,(H,21,22)/t19-/m0/s1. The summed E-state index contributed by atoms with van der Waals surface area (Å²) in [6.07, 6.45) is 8.11. The molecule has 4 nitrogen and oxygen atoms in total. The Kier molecular flexibility index (Phi) is 5.34. The molecule has 1 fully saturated rings. The summed E-state index contributed by atoms with van der Waals surface area (Å²) in [5.74, 6) is 0.791. The van der Waals surface area contributed by atoms with E-state index in [1.807, 2.05) is 0 Å². The number of benzene rings is 1. The fraction of sp³-hybridized carbons (Fsp3) is 0.500. The lowest BCUT2D eigenvalue weighted by Crippen LogP contribution is -2.38. The molecule has 1 aliphatic rings. The Morgan fingerprint density at radius 3 is 2.75 bits per heavy atom. The molecule has 1 atom stereocenters. The van der Waals surface area contributed by atoms with Gasteiger partial charge in [-0.05, 0) is 42.7 Å². The molecule has 4 heteroatoms. The zero-order valence-corrected chi connectivity index (χ0v) is 14.7. The van der Waals surface area contributed by atoms with E-state index in [4.69, 9.17) is 0 Å². The lowest BCUT2D eigenvalue weighted by molar-refractivity contribution is -0.135. The number of aryl methyl sites for hydroxylation is 1. The van der Waals surface area contributed by atoms with E-state index in [9.17, 15) is 4.79 Å². The first-order chi connectivity index (χ1) is 11.6. The van der Waals surface area contributed by atoms with Crippen molar-refractivity contribution in [3.05, 3.63) is 53.6 Å². The van der Waals surface area contributed by atoms with Crippen LogP contribution in [0.5, 0.6) is 0 Å². The van der Waals surface area contributed by atoms with Gasteiger partial charge in [0, 0.05) is 24.9 Å². The lowest BCUT2D eigenvalue weighted by atomic mass is 9.92. The Morgan fingerprint density at radius 2 is 2.08 bits per heavy atom. The molecule has 0 bridgehead atoms. The van der Waals surface area contributed by atoms with Gasteiger partial charge in [-0.3, -0.25) is 4.79 Å². The van der Waals surface area contributed by atoms with Crippen LogP contribution in [0.3, 0.4) is 0 Å². The molecule has 0 saturated carbocycles. The summed E-state index contributed by atoms with van der Waals surface area (Å²) >= 11 is 0. The van der Waals surface area contributed by atoms with E-state index < -0.39 is 0 Å². The number of H-pyrrole nitrogens is 1. The second kappa shape index (κ2) is 7.65. The number of hydrogen-bond acceptors (Lipinski definition) is 2. The first-order valence-corrected chi connectivity index (χ1v) is 9.01. The Bertz CT molecular complexity index is 646. The van der Waals surface area contributed by atoms with Crippen molar-refractivity contribution in [1.29, 1.82) is 0 Å². The molecule has 0 unspecified atom stereocenters. The molecule has 0 radical (unpaired) electrons. The van der Waals surface area contributed by atoms with Crippen molar-refractivity contribution in [2.75, 3.05) is 6.54 Å². The molecule has 1 N–H and O–H groups in total. The quantitative estimate of drug-likeness (QED) is 0.895. The van der Waals surface area contributed by atoms with Crippen LogP contribution in [0, 0.1) is 0 Å². The highest BCUT2D eigenvalue weighted by atomic mass is 16.2. The van der Waals surface area contributed by atoms with Crippen LogP contribution in [0.15, 0.2) is 36.8 Å². The number of carbonyl (C=O) groups is 1. The molecule has 3 rings (SSSR count). The number of nitrogens with zero attached hydrogens (tertiary/aromatic N) is 2. The molecular weight excluding hydrogens is 298 g/mol. The number of imidazole rings is 1. The molecule has 128 valence electrons. The molecule has 2 heterocycles. The van der Waals surface area contributed by atoms with Crippen molar-refractivity contribution in [2.24, 2.45) is 0 Å². The highest BCUT2D eigenvalue weighted by Crippen LogP contribution is 2.32. The number of carbonyl (C=O) groups excluding carboxylic acids is 1. The van der Waals surface area contributed by atoms with Crippen molar-refractivity contribution in [3.8, 4) is 0 Å². The summed E-state index contributed by atoms with van der Waals surface area (Å²) in [6, 6.07) is 9.07. The van der Waals surface area contributed by atoms with Gasteiger partial charge in [0.2, 0.25) is 5.91 Å². The van der Waals surface area contributed by atoms with Crippen LogP contribution >= 0.6 is 0 Å². The molecule has 1 saturated heterocycles. The van der Waals surface area contributed by atoms with E-state index in [0.29, 0.717) is 12.3 Å². The number of amides is 1. The summed E-state index contributed by atoms with van der Waals surface area (Å²) in [5.41, 5.74) is 3.65.